The number of rotatable bonds is 2. The molecule has 20 heavy (non-hydrogen) atoms. The van der Waals surface area contributed by atoms with Crippen molar-refractivity contribution in [3.63, 3.8) is 0 Å². The van der Waals surface area contributed by atoms with Crippen LogP contribution in [0.4, 0.5) is 0 Å². The molecule has 1 atom stereocenters. The second-order valence-corrected chi connectivity index (χ2v) is 8.05. The van der Waals surface area contributed by atoms with Crippen LogP contribution in [0.2, 0.25) is 0 Å². The lowest BCUT2D eigenvalue weighted by atomic mass is 9.87. The first-order chi connectivity index (χ1) is 9.16. The van der Waals surface area contributed by atoms with Crippen LogP contribution in [0.5, 0.6) is 0 Å². The summed E-state index contributed by atoms with van der Waals surface area (Å²) in [6, 6.07) is 2.17. The minimum absolute atomic E-state index is 0.0863. The Labute approximate surface area is 122 Å². The Morgan fingerprint density at radius 1 is 1.45 bits per heavy atom. The predicted octanol–water partition coefficient (Wildman–Crippen LogP) is 2.69. The average Bonchev–Trinajstić information content (AvgIpc) is 2.67. The Kier molecular flexibility index (Phi) is 4.26. The SMILES string of the molecule is CC1(C)CC(O)CCN(Cc2cc(C(C)(C)C)n[nH]2)C1. The molecule has 2 rings (SSSR count). The topological polar surface area (TPSA) is 52.1 Å². The van der Waals surface area contributed by atoms with Crippen molar-refractivity contribution >= 4 is 0 Å². The summed E-state index contributed by atoms with van der Waals surface area (Å²) < 4.78 is 0. The minimum Gasteiger partial charge on any atom is -0.393 e. The molecular formula is C16H29N3O. The lowest BCUT2D eigenvalue weighted by Gasteiger charge is -2.29. The molecule has 4 nitrogen and oxygen atoms in total. The number of H-pyrrole nitrogens is 1. The predicted molar refractivity (Wildman–Crippen MR) is 81.6 cm³/mol. The van der Waals surface area contributed by atoms with Gasteiger partial charge in [-0.25, -0.2) is 0 Å². The number of aromatic nitrogens is 2. The molecule has 2 N–H and O–H groups in total. The molecule has 0 aromatic carbocycles. The van der Waals surface area contributed by atoms with E-state index in [1.165, 1.54) is 5.69 Å². The Hall–Kier alpha value is -0.870. The maximum Gasteiger partial charge on any atom is 0.0678 e. The summed E-state index contributed by atoms with van der Waals surface area (Å²) in [5.74, 6) is 0. The van der Waals surface area contributed by atoms with Crippen LogP contribution in [0, 0.1) is 5.41 Å². The maximum absolute atomic E-state index is 9.97. The van der Waals surface area contributed by atoms with Gasteiger partial charge in [0.15, 0.2) is 0 Å². The Morgan fingerprint density at radius 3 is 2.75 bits per heavy atom. The number of nitrogens with one attached hydrogen (secondary N) is 1. The summed E-state index contributed by atoms with van der Waals surface area (Å²) in [6.45, 7) is 13.9. The molecule has 1 aliphatic heterocycles. The highest BCUT2D eigenvalue weighted by Crippen LogP contribution is 2.29. The van der Waals surface area contributed by atoms with Crippen LogP contribution in [-0.4, -0.2) is 39.4 Å². The molecule has 1 aromatic rings. The zero-order chi connectivity index (χ0) is 15.0. The van der Waals surface area contributed by atoms with E-state index in [9.17, 15) is 5.11 Å². The van der Waals surface area contributed by atoms with Crippen molar-refractivity contribution in [2.75, 3.05) is 13.1 Å². The fourth-order valence-corrected chi connectivity index (χ4v) is 3.02. The van der Waals surface area contributed by atoms with Crippen LogP contribution >= 0.6 is 0 Å². The van der Waals surface area contributed by atoms with Crippen LogP contribution < -0.4 is 0 Å². The zero-order valence-corrected chi connectivity index (χ0v) is 13.5. The number of likely N-dealkylation sites (tertiary alicyclic amines) is 1. The molecule has 0 bridgehead atoms. The molecule has 4 heteroatoms. The number of aliphatic hydroxyl groups excluding tert-OH is 1. The van der Waals surface area contributed by atoms with Crippen LogP contribution in [0.25, 0.3) is 0 Å². The molecule has 1 aromatic heterocycles. The average molecular weight is 279 g/mol. The summed E-state index contributed by atoms with van der Waals surface area (Å²) in [5, 5.41) is 17.6. The smallest absolute Gasteiger partial charge is 0.0678 e. The molecule has 1 fully saturated rings. The largest absolute Gasteiger partial charge is 0.393 e. The summed E-state index contributed by atoms with van der Waals surface area (Å²) in [7, 11) is 0. The summed E-state index contributed by atoms with van der Waals surface area (Å²) in [5.41, 5.74) is 2.54. The molecule has 1 saturated heterocycles. The van der Waals surface area contributed by atoms with Crippen molar-refractivity contribution < 1.29 is 5.11 Å². The first-order valence-corrected chi connectivity index (χ1v) is 7.61. The molecule has 0 amide bonds. The third-order valence-corrected chi connectivity index (χ3v) is 4.01. The van der Waals surface area contributed by atoms with Gasteiger partial charge < -0.3 is 5.11 Å². The van der Waals surface area contributed by atoms with Crippen molar-refractivity contribution in [3.8, 4) is 0 Å². The third kappa shape index (κ3) is 4.06. The molecule has 114 valence electrons. The molecule has 0 spiro atoms. The lowest BCUT2D eigenvalue weighted by molar-refractivity contribution is 0.121. The number of aliphatic hydroxyl groups is 1. The van der Waals surface area contributed by atoms with E-state index in [0.717, 1.165) is 38.2 Å². The van der Waals surface area contributed by atoms with Gasteiger partial charge in [0.2, 0.25) is 0 Å². The second-order valence-electron chi connectivity index (χ2n) is 8.05. The van der Waals surface area contributed by atoms with E-state index in [4.69, 9.17) is 0 Å². The van der Waals surface area contributed by atoms with Crippen molar-refractivity contribution in [1.82, 2.24) is 15.1 Å². The van der Waals surface area contributed by atoms with Crippen LogP contribution in [0.3, 0.4) is 0 Å². The van der Waals surface area contributed by atoms with E-state index in [2.05, 4.69) is 55.8 Å². The first-order valence-electron chi connectivity index (χ1n) is 7.61. The lowest BCUT2D eigenvalue weighted by Crippen LogP contribution is -2.32. The van der Waals surface area contributed by atoms with Crippen LogP contribution in [0.1, 0.15) is 58.8 Å². The van der Waals surface area contributed by atoms with E-state index >= 15 is 0 Å². The third-order valence-electron chi connectivity index (χ3n) is 4.01. The quantitative estimate of drug-likeness (QED) is 0.875. The van der Waals surface area contributed by atoms with Crippen molar-refractivity contribution in [1.29, 1.82) is 0 Å². The van der Waals surface area contributed by atoms with Gasteiger partial charge in [0.05, 0.1) is 11.8 Å². The summed E-state index contributed by atoms with van der Waals surface area (Å²) in [4.78, 5) is 2.43. The maximum atomic E-state index is 9.97. The monoisotopic (exact) mass is 279 g/mol. The Morgan fingerprint density at radius 2 is 2.15 bits per heavy atom. The van der Waals surface area contributed by atoms with Gasteiger partial charge >= 0.3 is 0 Å². The highest BCUT2D eigenvalue weighted by molar-refractivity contribution is 5.16. The first kappa shape index (κ1) is 15.5. The highest BCUT2D eigenvalue weighted by atomic mass is 16.3. The van der Waals surface area contributed by atoms with Crippen molar-refractivity contribution in [3.05, 3.63) is 17.5 Å². The molecule has 0 saturated carbocycles. The molecule has 1 unspecified atom stereocenters. The van der Waals surface area contributed by atoms with Crippen LogP contribution in [-0.2, 0) is 12.0 Å². The zero-order valence-electron chi connectivity index (χ0n) is 13.5. The Balaban J connectivity index is 2.04. The van der Waals surface area contributed by atoms with Gasteiger partial charge in [0, 0.05) is 30.7 Å². The van der Waals surface area contributed by atoms with Gasteiger partial charge in [-0.1, -0.05) is 34.6 Å². The van der Waals surface area contributed by atoms with Gasteiger partial charge in [-0.2, -0.15) is 5.10 Å². The van der Waals surface area contributed by atoms with Crippen LogP contribution in [0.15, 0.2) is 6.07 Å². The van der Waals surface area contributed by atoms with Gasteiger partial charge in [0.25, 0.3) is 0 Å². The summed E-state index contributed by atoms with van der Waals surface area (Å²) in [6.07, 6.45) is 1.59. The number of hydrogen-bond acceptors (Lipinski definition) is 3. The van der Waals surface area contributed by atoms with Gasteiger partial charge in [-0.3, -0.25) is 10.00 Å². The van der Waals surface area contributed by atoms with Gasteiger partial charge in [0.1, 0.15) is 0 Å². The number of aromatic amines is 1. The Bertz CT molecular complexity index is 445. The molecular weight excluding hydrogens is 250 g/mol. The minimum atomic E-state index is -0.165. The van der Waals surface area contributed by atoms with E-state index in [0.29, 0.717) is 0 Å². The molecule has 1 aliphatic rings. The number of nitrogens with zero attached hydrogens (tertiary/aromatic N) is 2. The molecule has 2 heterocycles. The fourth-order valence-electron chi connectivity index (χ4n) is 3.02. The van der Waals surface area contributed by atoms with Gasteiger partial charge in [-0.05, 0) is 24.3 Å². The molecule has 0 aliphatic carbocycles. The fraction of sp³-hybridized carbons (Fsp3) is 0.812. The standard InChI is InChI=1S/C16H29N3O/c1-15(2,3)14-8-12(17-18-14)10-19-7-6-13(20)9-16(4,5)11-19/h8,13,20H,6-7,9-11H2,1-5H3,(H,17,18). The van der Waals surface area contributed by atoms with E-state index in [1.807, 2.05) is 0 Å². The van der Waals surface area contributed by atoms with Crippen molar-refractivity contribution in [2.24, 2.45) is 5.41 Å². The van der Waals surface area contributed by atoms with E-state index in [1.54, 1.807) is 0 Å². The normalized spacial score (nSPS) is 24.6. The number of hydrogen-bond donors (Lipinski definition) is 2. The second kappa shape index (κ2) is 5.49. The van der Waals surface area contributed by atoms with E-state index in [-0.39, 0.29) is 16.9 Å². The van der Waals surface area contributed by atoms with E-state index < -0.39 is 0 Å². The molecule has 0 radical (unpaired) electrons. The summed E-state index contributed by atoms with van der Waals surface area (Å²) >= 11 is 0. The van der Waals surface area contributed by atoms with Crippen molar-refractivity contribution in [2.45, 2.75) is 65.5 Å². The highest BCUT2D eigenvalue weighted by Gasteiger charge is 2.29. The van der Waals surface area contributed by atoms with Gasteiger partial charge in [-0.15, -0.1) is 0 Å².